The van der Waals surface area contributed by atoms with Gasteiger partial charge in [-0.05, 0) is 37.6 Å². The molecule has 0 unspecified atom stereocenters. The highest BCUT2D eigenvalue weighted by atomic mass is 19.1. The molecule has 1 aromatic carbocycles. The zero-order valence-corrected chi connectivity index (χ0v) is 16.4. The number of halogens is 2. The van der Waals surface area contributed by atoms with Crippen molar-refractivity contribution < 1.29 is 18.3 Å². The third-order valence-corrected chi connectivity index (χ3v) is 4.76. The van der Waals surface area contributed by atoms with Crippen LogP contribution in [0, 0.1) is 11.6 Å². The van der Waals surface area contributed by atoms with E-state index in [9.17, 15) is 8.78 Å². The molecule has 1 fully saturated rings. The van der Waals surface area contributed by atoms with E-state index in [4.69, 9.17) is 9.47 Å². The number of pyridine rings is 1. The molecule has 3 heterocycles. The van der Waals surface area contributed by atoms with Crippen LogP contribution < -0.4 is 20.1 Å². The molecule has 0 radical (unpaired) electrons. The summed E-state index contributed by atoms with van der Waals surface area (Å²) < 4.78 is 38.4. The average Bonchev–Trinajstić information content (AvgIpc) is 3.27. The summed E-state index contributed by atoms with van der Waals surface area (Å²) in [5.41, 5.74) is 0.956. The minimum atomic E-state index is -0.553. The first-order valence-electron chi connectivity index (χ1n) is 9.59. The zero-order chi connectivity index (χ0) is 20.9. The van der Waals surface area contributed by atoms with Crippen LogP contribution in [0.5, 0.6) is 17.4 Å². The molecule has 2 aromatic heterocycles. The third-order valence-electron chi connectivity index (χ3n) is 4.76. The smallest absolute Gasteiger partial charge is 0.246 e. The number of methoxy groups -OCH3 is 1. The summed E-state index contributed by atoms with van der Waals surface area (Å²) in [7, 11) is 1.39. The monoisotopic (exact) mass is 413 g/mol. The van der Waals surface area contributed by atoms with Crippen molar-refractivity contribution in [2.24, 2.45) is 0 Å². The highest BCUT2D eigenvalue weighted by molar-refractivity contribution is 5.60. The molecule has 0 saturated carbocycles. The van der Waals surface area contributed by atoms with Gasteiger partial charge in [-0.25, -0.2) is 13.8 Å². The molecule has 4 rings (SSSR count). The molecular weight excluding hydrogens is 392 g/mol. The molecule has 30 heavy (non-hydrogen) atoms. The van der Waals surface area contributed by atoms with E-state index in [1.165, 1.54) is 31.5 Å². The van der Waals surface area contributed by atoms with Crippen molar-refractivity contribution >= 4 is 5.69 Å². The predicted octanol–water partition coefficient (Wildman–Crippen LogP) is 3.78. The van der Waals surface area contributed by atoms with Gasteiger partial charge in [-0.2, -0.15) is 4.98 Å². The van der Waals surface area contributed by atoms with Crippen LogP contribution in [0.3, 0.4) is 0 Å². The Hall–Kier alpha value is -3.33. The van der Waals surface area contributed by atoms with Gasteiger partial charge >= 0.3 is 0 Å². The van der Waals surface area contributed by atoms with Crippen LogP contribution in [-0.2, 0) is 0 Å². The zero-order valence-electron chi connectivity index (χ0n) is 16.4. The minimum absolute atomic E-state index is 0.113. The average molecular weight is 413 g/mol. The van der Waals surface area contributed by atoms with Gasteiger partial charge in [0.25, 0.3) is 0 Å². The first-order valence-corrected chi connectivity index (χ1v) is 9.59. The summed E-state index contributed by atoms with van der Waals surface area (Å²) >= 11 is 0. The van der Waals surface area contributed by atoms with Gasteiger partial charge in [0.15, 0.2) is 17.4 Å². The quantitative estimate of drug-likeness (QED) is 0.610. The molecule has 1 saturated heterocycles. The van der Waals surface area contributed by atoms with E-state index in [0.717, 1.165) is 25.6 Å². The number of benzene rings is 1. The maximum atomic E-state index is 14.1. The Morgan fingerprint density at radius 1 is 1.20 bits per heavy atom. The van der Waals surface area contributed by atoms with Crippen molar-refractivity contribution in [3.63, 3.8) is 0 Å². The molecule has 1 aliphatic heterocycles. The first-order chi connectivity index (χ1) is 14.6. The fourth-order valence-electron chi connectivity index (χ4n) is 3.22. The molecule has 7 nitrogen and oxygen atoms in total. The van der Waals surface area contributed by atoms with Crippen molar-refractivity contribution in [3.05, 3.63) is 54.5 Å². The maximum Gasteiger partial charge on any atom is 0.246 e. The van der Waals surface area contributed by atoms with Gasteiger partial charge in [0.2, 0.25) is 5.88 Å². The van der Waals surface area contributed by atoms with E-state index in [1.807, 2.05) is 0 Å². The Bertz CT molecular complexity index is 1030. The summed E-state index contributed by atoms with van der Waals surface area (Å²) in [4.78, 5) is 12.6. The third kappa shape index (κ3) is 4.62. The van der Waals surface area contributed by atoms with E-state index in [2.05, 4.69) is 25.6 Å². The van der Waals surface area contributed by atoms with Crippen LogP contribution in [0.15, 0.2) is 42.9 Å². The minimum Gasteiger partial charge on any atom is -0.494 e. The number of nitrogens with one attached hydrogen (secondary N) is 2. The standard InChI is InChI=1S/C21H21F2N5O2/c1-29-19-5-4-16(8-17(19)23)30-21-18(26-11-15-3-2-6-25-15)12-27-20(28-21)13-7-14(22)10-24-9-13/h4-5,7-10,12,15,25-26H,2-3,6,11H2,1H3/t15-/m0/s1. The fraction of sp³-hybridized carbons (Fsp3) is 0.286. The van der Waals surface area contributed by atoms with Crippen LogP contribution in [0.2, 0.25) is 0 Å². The molecule has 3 aromatic rings. The molecule has 156 valence electrons. The topological polar surface area (TPSA) is 81.2 Å². The Labute approximate surface area is 172 Å². The van der Waals surface area contributed by atoms with Gasteiger partial charge in [0.1, 0.15) is 17.3 Å². The number of anilines is 1. The first kappa shape index (κ1) is 20.0. The van der Waals surface area contributed by atoms with Crippen molar-refractivity contribution in [1.29, 1.82) is 0 Å². The summed E-state index contributed by atoms with van der Waals surface area (Å²) in [5.74, 6) is -0.240. The molecule has 9 heteroatoms. The van der Waals surface area contributed by atoms with E-state index in [1.54, 1.807) is 12.3 Å². The van der Waals surface area contributed by atoms with E-state index >= 15 is 0 Å². The lowest BCUT2D eigenvalue weighted by molar-refractivity contribution is 0.382. The van der Waals surface area contributed by atoms with E-state index < -0.39 is 11.6 Å². The van der Waals surface area contributed by atoms with Gasteiger partial charge < -0.3 is 20.1 Å². The van der Waals surface area contributed by atoms with Crippen LogP contribution in [0.25, 0.3) is 11.4 Å². The Kier molecular flexibility index (Phi) is 5.99. The van der Waals surface area contributed by atoms with Crippen molar-refractivity contribution in [2.45, 2.75) is 18.9 Å². The van der Waals surface area contributed by atoms with Gasteiger partial charge in [-0.15, -0.1) is 0 Å². The number of nitrogens with zero attached hydrogens (tertiary/aromatic N) is 3. The molecule has 1 aliphatic rings. The van der Waals surface area contributed by atoms with Crippen molar-refractivity contribution in [1.82, 2.24) is 20.3 Å². The number of ether oxygens (including phenoxy) is 2. The summed E-state index contributed by atoms with van der Waals surface area (Å²) in [5, 5.41) is 6.68. The molecule has 0 spiro atoms. The lowest BCUT2D eigenvalue weighted by Gasteiger charge is -2.16. The van der Waals surface area contributed by atoms with Gasteiger partial charge in [0, 0.05) is 30.4 Å². The van der Waals surface area contributed by atoms with E-state index in [-0.39, 0.29) is 23.2 Å². The highest BCUT2D eigenvalue weighted by Crippen LogP contribution is 2.31. The summed E-state index contributed by atoms with van der Waals surface area (Å²) in [6.07, 6.45) is 6.33. The van der Waals surface area contributed by atoms with Gasteiger partial charge in [-0.1, -0.05) is 0 Å². The second-order valence-electron chi connectivity index (χ2n) is 6.88. The largest absolute Gasteiger partial charge is 0.494 e. The number of rotatable bonds is 7. The second-order valence-corrected chi connectivity index (χ2v) is 6.88. The second kappa shape index (κ2) is 9.00. The van der Waals surface area contributed by atoms with Crippen molar-refractivity contribution in [3.8, 4) is 28.8 Å². The Morgan fingerprint density at radius 3 is 2.83 bits per heavy atom. The maximum absolute atomic E-state index is 14.1. The Morgan fingerprint density at radius 2 is 2.10 bits per heavy atom. The lowest BCUT2D eigenvalue weighted by Crippen LogP contribution is -2.29. The van der Waals surface area contributed by atoms with Gasteiger partial charge in [-0.3, -0.25) is 4.98 Å². The highest BCUT2D eigenvalue weighted by Gasteiger charge is 2.17. The molecule has 0 bridgehead atoms. The molecule has 1 atom stereocenters. The molecule has 0 amide bonds. The Balaban J connectivity index is 1.64. The normalized spacial score (nSPS) is 15.8. The molecule has 2 N–H and O–H groups in total. The number of hydrogen-bond donors (Lipinski definition) is 2. The van der Waals surface area contributed by atoms with Gasteiger partial charge in [0.05, 0.1) is 19.5 Å². The summed E-state index contributed by atoms with van der Waals surface area (Å²) in [6.45, 7) is 1.65. The molecule has 0 aliphatic carbocycles. The molecular formula is C21H21F2N5O2. The van der Waals surface area contributed by atoms with Crippen LogP contribution in [0.1, 0.15) is 12.8 Å². The lowest BCUT2D eigenvalue weighted by atomic mass is 10.2. The predicted molar refractivity (Wildman–Crippen MR) is 108 cm³/mol. The number of hydrogen-bond acceptors (Lipinski definition) is 7. The fourth-order valence-corrected chi connectivity index (χ4v) is 3.22. The van der Waals surface area contributed by atoms with E-state index in [0.29, 0.717) is 23.8 Å². The van der Waals surface area contributed by atoms with Crippen LogP contribution >= 0.6 is 0 Å². The summed E-state index contributed by atoms with van der Waals surface area (Å²) in [6, 6.07) is 5.89. The number of aromatic nitrogens is 3. The van der Waals surface area contributed by atoms with Crippen molar-refractivity contribution in [2.75, 3.05) is 25.5 Å². The van der Waals surface area contributed by atoms with Crippen LogP contribution in [0.4, 0.5) is 14.5 Å². The van der Waals surface area contributed by atoms with Crippen LogP contribution in [-0.4, -0.2) is 41.2 Å². The SMILES string of the molecule is COc1ccc(Oc2nc(-c3cncc(F)c3)ncc2NC[C@@H]2CCCN2)cc1F.